The average molecular weight is 968 g/mol. The molecule has 2 aliphatic heterocycles. The van der Waals surface area contributed by atoms with Gasteiger partial charge >= 0.3 is 5.97 Å². The average Bonchev–Trinajstić information content (AvgIpc) is 3.33. The molecule has 366 valence electrons. The monoisotopic (exact) mass is 966 g/mol. The number of likely N-dealkylation sites (N-methyl/N-ethyl adjacent to an activating group) is 2. The van der Waals surface area contributed by atoms with E-state index in [4.69, 9.17) is 42.6 Å². The lowest BCUT2D eigenvalue weighted by Crippen LogP contribution is -3.00. The van der Waals surface area contributed by atoms with E-state index in [1.807, 2.05) is 24.3 Å². The Morgan fingerprint density at radius 1 is 0.522 bits per heavy atom. The van der Waals surface area contributed by atoms with Crippen LogP contribution in [0.25, 0.3) is 0 Å². The molecule has 6 rings (SSSR count). The maximum absolute atomic E-state index is 13.2. The first-order valence-corrected chi connectivity index (χ1v) is 22.3. The van der Waals surface area contributed by atoms with Crippen molar-refractivity contribution >= 4 is 11.8 Å². The highest BCUT2D eigenvalue weighted by Crippen LogP contribution is 2.45. The molecule has 0 N–H and O–H groups in total. The molecule has 0 aromatic heterocycles. The first kappa shape index (κ1) is 54.3. The highest BCUT2D eigenvalue weighted by Gasteiger charge is 2.41. The zero-order valence-corrected chi connectivity index (χ0v) is 42.2. The van der Waals surface area contributed by atoms with E-state index in [1.54, 1.807) is 56.9 Å². The van der Waals surface area contributed by atoms with Crippen LogP contribution in [0.15, 0.2) is 72.8 Å². The van der Waals surface area contributed by atoms with Crippen LogP contribution in [0, 0.1) is 0 Å². The summed E-state index contributed by atoms with van der Waals surface area (Å²) in [5.74, 6) is 4.91. The van der Waals surface area contributed by atoms with E-state index in [0.717, 1.165) is 72.0 Å². The second-order valence-electron chi connectivity index (χ2n) is 17.4. The van der Waals surface area contributed by atoms with Gasteiger partial charge in [-0.05, 0) is 76.9 Å². The number of ketones is 1. The third-order valence-corrected chi connectivity index (χ3v) is 13.6. The molecule has 0 saturated carbocycles. The number of halogens is 2. The minimum Gasteiger partial charge on any atom is -1.00 e. The molecule has 0 unspecified atom stereocenters. The number of quaternary nitrogens is 2. The third-order valence-electron chi connectivity index (χ3n) is 13.6. The zero-order chi connectivity index (χ0) is 46.7. The van der Waals surface area contributed by atoms with Gasteiger partial charge in [-0.3, -0.25) is 4.79 Å². The van der Waals surface area contributed by atoms with Gasteiger partial charge in [0, 0.05) is 62.1 Å². The van der Waals surface area contributed by atoms with Crippen molar-refractivity contribution in [2.75, 3.05) is 104 Å². The number of methoxy groups -OCH3 is 8. The Hall–Kier alpha value is -5.34. The molecule has 15 heteroatoms. The highest BCUT2D eigenvalue weighted by atomic mass is 35.5. The fraction of sp³-hybridized carbons (Fsp3) is 0.462. The van der Waals surface area contributed by atoms with Crippen LogP contribution in [0.2, 0.25) is 0 Å². The van der Waals surface area contributed by atoms with Crippen molar-refractivity contribution in [1.82, 2.24) is 0 Å². The number of carbonyl (C=O) groups excluding carboxylic acids is 2. The number of nitrogens with zero attached hydrogens (tertiary/aromatic N) is 2. The van der Waals surface area contributed by atoms with Crippen molar-refractivity contribution in [1.29, 1.82) is 0 Å². The van der Waals surface area contributed by atoms with Crippen LogP contribution in [0.5, 0.6) is 46.0 Å². The van der Waals surface area contributed by atoms with Crippen molar-refractivity contribution in [3.63, 3.8) is 0 Å². The van der Waals surface area contributed by atoms with Gasteiger partial charge in [0.1, 0.15) is 12.1 Å². The summed E-state index contributed by atoms with van der Waals surface area (Å²) in [4.78, 5) is 26.1. The minimum atomic E-state index is -0.519. The first-order chi connectivity index (χ1) is 31.4. The number of esters is 1. The molecule has 0 bridgehead atoms. The molecule has 2 aliphatic rings. The predicted octanol–water partition coefficient (Wildman–Crippen LogP) is 1.88. The summed E-state index contributed by atoms with van der Waals surface area (Å²) in [6, 6.07) is 20.7. The summed E-state index contributed by atoms with van der Waals surface area (Å²) in [6.07, 6.45) is 7.47. The predicted molar refractivity (Wildman–Crippen MR) is 249 cm³/mol. The van der Waals surface area contributed by atoms with E-state index in [0.29, 0.717) is 65.3 Å². The molecule has 0 amide bonds. The smallest absolute Gasteiger partial charge is 0.330 e. The fourth-order valence-electron chi connectivity index (χ4n) is 9.83. The van der Waals surface area contributed by atoms with Crippen LogP contribution in [-0.4, -0.2) is 124 Å². The lowest BCUT2D eigenvalue weighted by Gasteiger charge is -2.46. The molecule has 13 nitrogen and oxygen atoms in total. The first-order valence-electron chi connectivity index (χ1n) is 22.3. The molecule has 4 aromatic rings. The van der Waals surface area contributed by atoms with Gasteiger partial charge in [-0.25, -0.2) is 4.79 Å². The van der Waals surface area contributed by atoms with Crippen LogP contribution >= 0.6 is 0 Å². The Labute approximate surface area is 409 Å². The minimum absolute atomic E-state index is 0. The van der Waals surface area contributed by atoms with Gasteiger partial charge in [-0.15, -0.1) is 0 Å². The topological polar surface area (TPSA) is 117 Å². The second-order valence-corrected chi connectivity index (χ2v) is 17.4. The molecule has 67 heavy (non-hydrogen) atoms. The molecule has 0 aliphatic carbocycles. The number of fused-ring (bicyclic) bond motifs is 2. The van der Waals surface area contributed by atoms with Crippen molar-refractivity contribution in [3.05, 3.63) is 106 Å². The summed E-state index contributed by atoms with van der Waals surface area (Å²) in [5, 5.41) is 0. The molecular weight excluding hydrogens is 899 g/mol. The quantitative estimate of drug-likeness (QED) is 0.0498. The van der Waals surface area contributed by atoms with E-state index < -0.39 is 5.97 Å². The Morgan fingerprint density at radius 2 is 0.910 bits per heavy atom. The van der Waals surface area contributed by atoms with Gasteiger partial charge < -0.3 is 76.4 Å². The van der Waals surface area contributed by atoms with Gasteiger partial charge in [0.15, 0.2) is 51.8 Å². The van der Waals surface area contributed by atoms with E-state index >= 15 is 0 Å². The summed E-state index contributed by atoms with van der Waals surface area (Å²) in [5.41, 5.74) is 7.11. The van der Waals surface area contributed by atoms with Gasteiger partial charge in [0.2, 0.25) is 0 Å². The van der Waals surface area contributed by atoms with E-state index in [9.17, 15) is 9.59 Å². The van der Waals surface area contributed by atoms with Gasteiger partial charge in [-0.2, -0.15) is 0 Å². The van der Waals surface area contributed by atoms with Crippen molar-refractivity contribution < 1.29 is 86.0 Å². The Morgan fingerprint density at radius 3 is 1.33 bits per heavy atom. The number of allylic oxidation sites excluding steroid dienone is 1. The van der Waals surface area contributed by atoms with Crippen LogP contribution in [0.3, 0.4) is 0 Å². The van der Waals surface area contributed by atoms with Crippen LogP contribution in [-0.2, 0) is 40.0 Å². The summed E-state index contributed by atoms with van der Waals surface area (Å²) >= 11 is 0. The van der Waals surface area contributed by atoms with Crippen molar-refractivity contribution in [3.8, 4) is 46.0 Å². The molecule has 4 atom stereocenters. The number of hydrogen-bond acceptors (Lipinski definition) is 11. The number of carbonyl (C=O) groups is 2. The maximum atomic E-state index is 13.2. The SMILES string of the molecule is COc1ccc(C[C@@H]2c3cc(OC)c(OC)cc3CC[N@@+]2(C)CCCOC(=O)/C=C\C(=O)CCC[N@+]2(C)CCc3cc(OC)c(OC)cc3[C@H]2Cc2ccc(OC)c(OC)c2)cc1OC.[Cl-].[Cl-]. The molecule has 0 radical (unpaired) electrons. The number of rotatable bonds is 22. The van der Waals surface area contributed by atoms with Gasteiger partial charge in [0.25, 0.3) is 0 Å². The summed E-state index contributed by atoms with van der Waals surface area (Å²) in [7, 11) is 17.7. The molecule has 0 spiro atoms. The van der Waals surface area contributed by atoms with Crippen LogP contribution in [0.4, 0.5) is 0 Å². The molecule has 0 fully saturated rings. The summed E-state index contributed by atoms with van der Waals surface area (Å²) in [6.45, 7) is 3.57. The van der Waals surface area contributed by atoms with Crippen molar-refractivity contribution in [2.24, 2.45) is 0 Å². The largest absolute Gasteiger partial charge is 1.00 e. The molecule has 0 saturated heterocycles. The van der Waals surface area contributed by atoms with E-state index in [-0.39, 0.29) is 49.3 Å². The molecule has 4 aromatic carbocycles. The lowest BCUT2D eigenvalue weighted by molar-refractivity contribution is -0.941. The van der Waals surface area contributed by atoms with Crippen LogP contribution < -0.4 is 62.7 Å². The van der Waals surface area contributed by atoms with Crippen LogP contribution in [0.1, 0.15) is 64.7 Å². The Balaban J connectivity index is 0.00000490. The van der Waals surface area contributed by atoms with Gasteiger partial charge in [0.05, 0.1) is 104 Å². The second kappa shape index (κ2) is 24.6. The standard InChI is InChI=1S/C52H68N2O11.2ClH/c1-53(24-20-37-31-48(61-7)50(63-9)33-40(37)42(53)27-35-14-17-44(57-3)46(29-35)59-5)22-11-13-39(55)16-19-52(56)65-26-12-23-54(2)25-21-38-32-49(62-8)51(64-10)34-41(38)43(54)28-36-15-18-45(58-4)47(30-36)60-6;;/h14-19,29-34,42-43H,11-13,20-28H2,1-10H3;2*1H/q+2;;/p-2/b19-16-;;/t42-,43-,53-,54-;;/m1../s1. The Bertz CT molecular complexity index is 2340. The van der Waals surface area contributed by atoms with Crippen molar-refractivity contribution in [2.45, 2.75) is 57.0 Å². The maximum Gasteiger partial charge on any atom is 0.330 e. The highest BCUT2D eigenvalue weighted by molar-refractivity contribution is 5.95. The lowest BCUT2D eigenvalue weighted by atomic mass is 9.86. The van der Waals surface area contributed by atoms with E-state index in [2.05, 4.69) is 50.5 Å². The number of benzene rings is 4. The third kappa shape index (κ3) is 12.6. The number of ether oxygens (including phenoxy) is 9. The number of hydrogen-bond donors (Lipinski definition) is 0. The zero-order valence-electron chi connectivity index (χ0n) is 40.7. The molecular formula is C52H68Cl2N2O11. The normalized spacial score (nSPS) is 19.4. The van der Waals surface area contributed by atoms with E-state index in [1.165, 1.54) is 34.4 Å². The summed E-state index contributed by atoms with van der Waals surface area (Å²) < 4.78 is 52.2. The van der Waals surface area contributed by atoms with Gasteiger partial charge in [-0.1, -0.05) is 12.1 Å². The fourth-order valence-corrected chi connectivity index (χ4v) is 9.83. The molecule has 2 heterocycles. The Kier molecular flexibility index (Phi) is 19.9.